The molecule has 0 saturated carbocycles. The Labute approximate surface area is 91.7 Å². The van der Waals surface area contributed by atoms with Crippen LogP contribution in [0.1, 0.15) is 31.4 Å². The van der Waals surface area contributed by atoms with Crippen LogP contribution in [0.3, 0.4) is 0 Å². The van der Waals surface area contributed by atoms with Gasteiger partial charge in [-0.15, -0.1) is 0 Å². The molecule has 82 valence electrons. The molecule has 0 aliphatic rings. The summed E-state index contributed by atoms with van der Waals surface area (Å²) in [6.07, 6.45) is 1.88. The Bertz CT molecular complexity index is 316. The number of hydrogen-bond donors (Lipinski definition) is 1. The van der Waals surface area contributed by atoms with Crippen LogP contribution in [0.15, 0.2) is 24.3 Å². The Morgan fingerprint density at radius 3 is 2.40 bits per heavy atom. The van der Waals surface area contributed by atoms with Crippen molar-refractivity contribution >= 4 is 5.91 Å². The van der Waals surface area contributed by atoms with E-state index in [2.05, 4.69) is 43.4 Å². The number of benzene rings is 1. The monoisotopic (exact) mass is 205 g/mol. The zero-order chi connectivity index (χ0) is 11.3. The van der Waals surface area contributed by atoms with Gasteiger partial charge in [-0.2, -0.15) is 0 Å². The highest BCUT2D eigenvalue weighted by molar-refractivity contribution is 5.73. The van der Waals surface area contributed by atoms with Crippen molar-refractivity contribution in [1.29, 1.82) is 0 Å². The molecule has 0 aromatic heterocycles. The zero-order valence-electron chi connectivity index (χ0n) is 9.71. The zero-order valence-corrected chi connectivity index (χ0v) is 9.71. The summed E-state index contributed by atoms with van der Waals surface area (Å²) in [6, 6.07) is 8.72. The van der Waals surface area contributed by atoms with Crippen LogP contribution < -0.4 is 5.32 Å². The minimum absolute atomic E-state index is 0.0500. The fraction of sp³-hybridized carbons (Fsp3) is 0.462. The van der Waals surface area contributed by atoms with Gasteiger partial charge < -0.3 is 5.32 Å². The largest absolute Gasteiger partial charge is 0.353 e. The Morgan fingerprint density at radius 1 is 1.33 bits per heavy atom. The maximum absolute atomic E-state index is 10.9. The lowest BCUT2D eigenvalue weighted by Gasteiger charge is -2.15. The molecular formula is C13H19NO. The van der Waals surface area contributed by atoms with Gasteiger partial charge in [0.2, 0.25) is 5.91 Å². The highest BCUT2D eigenvalue weighted by Gasteiger charge is 2.07. The normalized spacial score (nSPS) is 12.2. The van der Waals surface area contributed by atoms with Crippen molar-refractivity contribution in [2.75, 3.05) is 0 Å². The van der Waals surface area contributed by atoms with Gasteiger partial charge >= 0.3 is 0 Å². The molecule has 0 aliphatic heterocycles. The van der Waals surface area contributed by atoms with Gasteiger partial charge in [-0.05, 0) is 25.3 Å². The fourth-order valence-corrected chi connectivity index (χ4v) is 1.59. The van der Waals surface area contributed by atoms with Crippen LogP contribution in [0.2, 0.25) is 0 Å². The van der Waals surface area contributed by atoms with E-state index in [0.717, 1.165) is 12.8 Å². The summed E-state index contributed by atoms with van der Waals surface area (Å²) < 4.78 is 0. The number of amides is 1. The molecule has 1 atom stereocenters. The molecule has 2 heteroatoms. The number of hydrogen-bond acceptors (Lipinski definition) is 1. The number of carbonyl (C=O) groups excluding carboxylic acids is 1. The maximum Gasteiger partial charge on any atom is 0.217 e. The maximum atomic E-state index is 10.9. The molecule has 1 N–H and O–H groups in total. The highest BCUT2D eigenvalue weighted by atomic mass is 16.1. The van der Waals surface area contributed by atoms with Crippen LogP contribution in [0.5, 0.6) is 0 Å². The van der Waals surface area contributed by atoms with Crippen LogP contribution in [0, 0.1) is 6.92 Å². The summed E-state index contributed by atoms with van der Waals surface area (Å²) >= 11 is 0. The first kappa shape index (κ1) is 11.8. The first-order chi connectivity index (χ1) is 7.11. The number of carbonyl (C=O) groups is 1. The standard InChI is InChI=1S/C13H19NO/c1-4-13(14-11(3)15)9-12-7-5-10(2)6-8-12/h5-8,13H,4,9H2,1-3H3,(H,14,15). The molecular weight excluding hydrogens is 186 g/mol. The van der Waals surface area contributed by atoms with Gasteiger partial charge in [-0.25, -0.2) is 0 Å². The quantitative estimate of drug-likeness (QED) is 0.803. The number of aryl methyl sites for hydroxylation is 1. The van der Waals surface area contributed by atoms with Gasteiger partial charge in [-0.3, -0.25) is 4.79 Å². The Hall–Kier alpha value is -1.31. The predicted molar refractivity (Wildman–Crippen MR) is 62.8 cm³/mol. The average molecular weight is 205 g/mol. The van der Waals surface area contributed by atoms with E-state index in [9.17, 15) is 4.79 Å². The van der Waals surface area contributed by atoms with Gasteiger partial charge in [-0.1, -0.05) is 36.8 Å². The summed E-state index contributed by atoms with van der Waals surface area (Å²) in [6.45, 7) is 5.74. The van der Waals surface area contributed by atoms with Crippen molar-refractivity contribution in [3.05, 3.63) is 35.4 Å². The van der Waals surface area contributed by atoms with Crippen LogP contribution in [0.4, 0.5) is 0 Å². The van der Waals surface area contributed by atoms with Gasteiger partial charge in [0.15, 0.2) is 0 Å². The first-order valence-corrected chi connectivity index (χ1v) is 5.44. The van der Waals surface area contributed by atoms with Crippen LogP contribution in [-0.2, 0) is 11.2 Å². The molecule has 0 radical (unpaired) electrons. The lowest BCUT2D eigenvalue weighted by Crippen LogP contribution is -2.34. The van der Waals surface area contributed by atoms with E-state index in [0.29, 0.717) is 0 Å². The summed E-state index contributed by atoms with van der Waals surface area (Å²) in [5, 5.41) is 2.95. The van der Waals surface area contributed by atoms with E-state index in [-0.39, 0.29) is 11.9 Å². The molecule has 0 bridgehead atoms. The molecule has 2 nitrogen and oxygen atoms in total. The van der Waals surface area contributed by atoms with Crippen molar-refractivity contribution in [1.82, 2.24) is 5.32 Å². The Kier molecular flexibility index (Phi) is 4.35. The molecule has 15 heavy (non-hydrogen) atoms. The molecule has 1 rings (SSSR count). The predicted octanol–water partition coefficient (Wildman–Crippen LogP) is 2.45. The van der Waals surface area contributed by atoms with Crippen molar-refractivity contribution in [3.63, 3.8) is 0 Å². The molecule has 0 spiro atoms. The number of rotatable bonds is 4. The summed E-state index contributed by atoms with van der Waals surface area (Å²) in [4.78, 5) is 10.9. The van der Waals surface area contributed by atoms with Crippen molar-refractivity contribution in [2.45, 2.75) is 39.7 Å². The first-order valence-electron chi connectivity index (χ1n) is 5.44. The molecule has 1 aromatic rings. The third-order valence-electron chi connectivity index (χ3n) is 2.50. The van der Waals surface area contributed by atoms with E-state index >= 15 is 0 Å². The minimum Gasteiger partial charge on any atom is -0.353 e. The lowest BCUT2D eigenvalue weighted by molar-refractivity contribution is -0.119. The number of nitrogens with one attached hydrogen (secondary N) is 1. The molecule has 1 aromatic carbocycles. The van der Waals surface area contributed by atoms with E-state index < -0.39 is 0 Å². The average Bonchev–Trinajstić information content (AvgIpc) is 2.19. The fourth-order valence-electron chi connectivity index (χ4n) is 1.59. The summed E-state index contributed by atoms with van der Waals surface area (Å²) in [7, 11) is 0. The van der Waals surface area contributed by atoms with Crippen molar-refractivity contribution in [3.8, 4) is 0 Å². The van der Waals surface area contributed by atoms with Crippen molar-refractivity contribution in [2.24, 2.45) is 0 Å². The van der Waals surface area contributed by atoms with E-state index in [4.69, 9.17) is 0 Å². The SMILES string of the molecule is CCC(Cc1ccc(C)cc1)NC(C)=O. The van der Waals surface area contributed by atoms with Crippen LogP contribution in [0.25, 0.3) is 0 Å². The third kappa shape index (κ3) is 4.15. The van der Waals surface area contributed by atoms with E-state index in [1.807, 2.05) is 0 Å². The second-order valence-electron chi connectivity index (χ2n) is 4.00. The Morgan fingerprint density at radius 2 is 1.93 bits per heavy atom. The lowest BCUT2D eigenvalue weighted by atomic mass is 10.0. The smallest absolute Gasteiger partial charge is 0.217 e. The Balaban J connectivity index is 2.58. The molecule has 0 heterocycles. The van der Waals surface area contributed by atoms with Crippen LogP contribution in [-0.4, -0.2) is 11.9 Å². The van der Waals surface area contributed by atoms with E-state index in [1.54, 1.807) is 6.92 Å². The highest BCUT2D eigenvalue weighted by Crippen LogP contribution is 2.07. The second-order valence-corrected chi connectivity index (χ2v) is 4.00. The molecule has 0 saturated heterocycles. The summed E-state index contributed by atoms with van der Waals surface area (Å²) in [5.74, 6) is 0.0500. The van der Waals surface area contributed by atoms with Crippen molar-refractivity contribution < 1.29 is 4.79 Å². The third-order valence-corrected chi connectivity index (χ3v) is 2.50. The second kappa shape index (κ2) is 5.54. The van der Waals surface area contributed by atoms with Crippen LogP contribution >= 0.6 is 0 Å². The summed E-state index contributed by atoms with van der Waals surface area (Å²) in [5.41, 5.74) is 2.55. The minimum atomic E-state index is 0.0500. The van der Waals surface area contributed by atoms with Gasteiger partial charge in [0.1, 0.15) is 0 Å². The molecule has 1 unspecified atom stereocenters. The topological polar surface area (TPSA) is 29.1 Å². The van der Waals surface area contributed by atoms with Gasteiger partial charge in [0.05, 0.1) is 0 Å². The molecule has 0 aliphatic carbocycles. The van der Waals surface area contributed by atoms with Gasteiger partial charge in [0, 0.05) is 13.0 Å². The van der Waals surface area contributed by atoms with E-state index in [1.165, 1.54) is 11.1 Å². The molecule has 1 amide bonds. The molecule has 0 fully saturated rings. The van der Waals surface area contributed by atoms with Gasteiger partial charge in [0.25, 0.3) is 0 Å².